The number of furan rings is 1. The lowest BCUT2D eigenvalue weighted by atomic mass is 9.79. The summed E-state index contributed by atoms with van der Waals surface area (Å²) in [6, 6.07) is 6.65. The molecule has 0 radical (unpaired) electrons. The van der Waals surface area contributed by atoms with E-state index in [-0.39, 0.29) is 10.8 Å². The Kier molecular flexibility index (Phi) is 3.66. The third-order valence-corrected chi connectivity index (χ3v) is 4.02. The van der Waals surface area contributed by atoms with Gasteiger partial charge in [0.1, 0.15) is 11.7 Å². The van der Waals surface area contributed by atoms with E-state index in [4.69, 9.17) is 4.42 Å². The minimum absolute atomic E-state index is 0.0187. The Morgan fingerprint density at radius 2 is 1.67 bits per heavy atom. The van der Waals surface area contributed by atoms with E-state index >= 15 is 0 Å². The van der Waals surface area contributed by atoms with Crippen molar-refractivity contribution in [2.75, 3.05) is 0 Å². The molecule has 0 spiro atoms. The largest absolute Gasteiger partial charge is 0.445 e. The van der Waals surface area contributed by atoms with Crippen LogP contribution < -0.4 is 0 Å². The van der Waals surface area contributed by atoms with E-state index in [1.165, 1.54) is 11.1 Å². The first kappa shape index (κ1) is 15.6. The highest BCUT2D eigenvalue weighted by atomic mass is 16.3. The van der Waals surface area contributed by atoms with Gasteiger partial charge in [-0.05, 0) is 28.9 Å². The van der Waals surface area contributed by atoms with Gasteiger partial charge in [-0.1, -0.05) is 54.5 Å². The smallest absolute Gasteiger partial charge is 0.207 e. The first-order valence-corrected chi connectivity index (χ1v) is 7.60. The predicted molar refractivity (Wildman–Crippen MR) is 87.7 cm³/mol. The zero-order valence-corrected chi connectivity index (χ0v) is 14.2. The van der Waals surface area contributed by atoms with Crippen LogP contribution in [0.25, 0.3) is 11.0 Å². The average Bonchev–Trinajstić information content (AvgIpc) is 2.72. The van der Waals surface area contributed by atoms with Gasteiger partial charge in [-0.15, -0.1) is 0 Å². The van der Waals surface area contributed by atoms with Gasteiger partial charge in [-0.2, -0.15) is 5.26 Å². The maximum absolute atomic E-state index is 9.33. The number of nitriles is 1. The standard InChI is InChI=1S/C19H25NO/c1-8-13-14-9-12(18(2,3)4)10-15(19(5,6)7)17(14)21-16(13)11-20/h9-10H,8H2,1-7H3. The molecule has 0 amide bonds. The molecule has 1 heterocycles. The zero-order chi connectivity index (χ0) is 16.0. The lowest BCUT2D eigenvalue weighted by molar-refractivity contribution is 0.544. The average molecular weight is 283 g/mol. The highest BCUT2D eigenvalue weighted by molar-refractivity contribution is 5.87. The Morgan fingerprint density at radius 3 is 2.10 bits per heavy atom. The second kappa shape index (κ2) is 4.91. The SMILES string of the molecule is CCc1c(C#N)oc2c(C(C)(C)C)cc(C(C)(C)C)cc12. The van der Waals surface area contributed by atoms with Crippen LogP contribution in [0.4, 0.5) is 0 Å². The summed E-state index contributed by atoms with van der Waals surface area (Å²) in [7, 11) is 0. The van der Waals surface area contributed by atoms with Crippen LogP contribution in [-0.4, -0.2) is 0 Å². The first-order chi connectivity index (χ1) is 9.59. The topological polar surface area (TPSA) is 36.9 Å². The van der Waals surface area contributed by atoms with Crippen molar-refractivity contribution >= 4 is 11.0 Å². The molecule has 0 aliphatic carbocycles. The van der Waals surface area contributed by atoms with Gasteiger partial charge in [0.05, 0.1) is 0 Å². The molecule has 2 rings (SSSR count). The second-order valence-electron chi connectivity index (χ2n) is 7.78. The monoisotopic (exact) mass is 283 g/mol. The summed E-state index contributed by atoms with van der Waals surface area (Å²) in [4.78, 5) is 0. The van der Waals surface area contributed by atoms with Gasteiger partial charge in [0.25, 0.3) is 0 Å². The normalized spacial score (nSPS) is 12.7. The van der Waals surface area contributed by atoms with Gasteiger partial charge in [0, 0.05) is 16.5 Å². The van der Waals surface area contributed by atoms with E-state index in [9.17, 15) is 5.26 Å². The molecule has 0 saturated carbocycles. The molecule has 0 bridgehead atoms. The molecular formula is C19H25NO. The zero-order valence-electron chi connectivity index (χ0n) is 14.2. The summed E-state index contributed by atoms with van der Waals surface area (Å²) < 4.78 is 5.90. The lowest BCUT2D eigenvalue weighted by Crippen LogP contribution is -2.16. The number of fused-ring (bicyclic) bond motifs is 1. The quantitative estimate of drug-likeness (QED) is 0.696. The molecule has 2 aromatic rings. The van der Waals surface area contributed by atoms with Crippen molar-refractivity contribution in [3.63, 3.8) is 0 Å². The van der Waals surface area contributed by atoms with Crippen LogP contribution >= 0.6 is 0 Å². The van der Waals surface area contributed by atoms with Crippen LogP contribution in [0.15, 0.2) is 16.5 Å². The van der Waals surface area contributed by atoms with Crippen LogP contribution in [0.1, 0.15) is 70.9 Å². The fourth-order valence-corrected chi connectivity index (χ4v) is 2.68. The molecule has 112 valence electrons. The van der Waals surface area contributed by atoms with Crippen LogP contribution in [0, 0.1) is 11.3 Å². The molecule has 0 atom stereocenters. The molecule has 0 saturated heterocycles. The molecule has 0 unspecified atom stereocenters. The summed E-state index contributed by atoms with van der Waals surface area (Å²) in [5.74, 6) is 0.462. The van der Waals surface area contributed by atoms with Gasteiger partial charge in [-0.25, -0.2) is 0 Å². The Hall–Kier alpha value is -1.75. The molecular weight excluding hydrogens is 258 g/mol. The molecule has 21 heavy (non-hydrogen) atoms. The van der Waals surface area contributed by atoms with Crippen LogP contribution in [0.5, 0.6) is 0 Å². The predicted octanol–water partition coefficient (Wildman–Crippen LogP) is 5.46. The Labute approximate surface area is 127 Å². The Balaban J connectivity index is 2.94. The molecule has 0 fully saturated rings. The van der Waals surface area contributed by atoms with E-state index in [1.54, 1.807) is 0 Å². The van der Waals surface area contributed by atoms with Crippen molar-refractivity contribution in [2.24, 2.45) is 0 Å². The number of hydrogen-bond donors (Lipinski definition) is 0. The van der Waals surface area contributed by atoms with Crippen LogP contribution in [0.3, 0.4) is 0 Å². The summed E-state index contributed by atoms with van der Waals surface area (Å²) in [5.41, 5.74) is 4.44. The lowest BCUT2D eigenvalue weighted by Gasteiger charge is -2.25. The number of hydrogen-bond acceptors (Lipinski definition) is 2. The molecule has 1 aromatic heterocycles. The van der Waals surface area contributed by atoms with Gasteiger partial charge in [-0.3, -0.25) is 0 Å². The summed E-state index contributed by atoms with van der Waals surface area (Å²) >= 11 is 0. The van der Waals surface area contributed by atoms with Crippen molar-refractivity contribution in [1.82, 2.24) is 0 Å². The van der Waals surface area contributed by atoms with E-state index in [0.29, 0.717) is 5.76 Å². The first-order valence-electron chi connectivity index (χ1n) is 7.60. The van der Waals surface area contributed by atoms with Crippen molar-refractivity contribution in [2.45, 2.75) is 65.7 Å². The molecule has 1 aromatic carbocycles. The fraction of sp³-hybridized carbons (Fsp3) is 0.526. The minimum atomic E-state index is -0.0187. The number of aryl methyl sites for hydroxylation is 1. The van der Waals surface area contributed by atoms with Crippen LogP contribution in [-0.2, 0) is 17.3 Å². The van der Waals surface area contributed by atoms with Crippen molar-refractivity contribution in [3.8, 4) is 6.07 Å². The van der Waals surface area contributed by atoms with Crippen LogP contribution in [0.2, 0.25) is 0 Å². The van der Waals surface area contributed by atoms with E-state index in [2.05, 4.69) is 66.7 Å². The van der Waals surface area contributed by atoms with E-state index < -0.39 is 0 Å². The van der Waals surface area contributed by atoms with Gasteiger partial charge in [0.15, 0.2) is 0 Å². The summed E-state index contributed by atoms with van der Waals surface area (Å²) in [6.45, 7) is 15.3. The number of nitrogens with zero attached hydrogens (tertiary/aromatic N) is 1. The minimum Gasteiger partial charge on any atom is -0.445 e. The fourth-order valence-electron chi connectivity index (χ4n) is 2.68. The van der Waals surface area contributed by atoms with Gasteiger partial charge >= 0.3 is 0 Å². The third kappa shape index (κ3) is 2.70. The highest BCUT2D eigenvalue weighted by Gasteiger charge is 2.26. The highest BCUT2D eigenvalue weighted by Crippen LogP contribution is 2.38. The molecule has 0 aliphatic rings. The number of benzene rings is 1. The van der Waals surface area contributed by atoms with Gasteiger partial charge < -0.3 is 4.42 Å². The van der Waals surface area contributed by atoms with Crippen molar-refractivity contribution in [3.05, 3.63) is 34.6 Å². The Bertz CT molecular complexity index is 715. The summed E-state index contributed by atoms with van der Waals surface area (Å²) in [5, 5.41) is 10.4. The maximum Gasteiger partial charge on any atom is 0.207 e. The van der Waals surface area contributed by atoms with E-state index in [0.717, 1.165) is 23.0 Å². The maximum atomic E-state index is 9.33. The van der Waals surface area contributed by atoms with E-state index in [1.807, 2.05) is 0 Å². The van der Waals surface area contributed by atoms with Crippen molar-refractivity contribution < 1.29 is 4.42 Å². The second-order valence-corrected chi connectivity index (χ2v) is 7.78. The van der Waals surface area contributed by atoms with Crippen molar-refractivity contribution in [1.29, 1.82) is 5.26 Å². The summed E-state index contributed by atoms with van der Waals surface area (Å²) in [6.07, 6.45) is 0.813. The number of rotatable bonds is 1. The van der Waals surface area contributed by atoms with Gasteiger partial charge in [0.2, 0.25) is 5.76 Å². The molecule has 2 nitrogen and oxygen atoms in total. The molecule has 0 N–H and O–H groups in total. The third-order valence-electron chi connectivity index (χ3n) is 4.02. The Morgan fingerprint density at radius 1 is 1.05 bits per heavy atom. The molecule has 2 heteroatoms. The molecule has 0 aliphatic heterocycles.